The number of hydrogen-bond acceptors (Lipinski definition) is 5. The summed E-state index contributed by atoms with van der Waals surface area (Å²) in [6.45, 7) is 0.470. The van der Waals surface area contributed by atoms with Gasteiger partial charge in [0.2, 0.25) is 0 Å². The van der Waals surface area contributed by atoms with E-state index in [0.717, 1.165) is 16.6 Å². The van der Waals surface area contributed by atoms with Gasteiger partial charge in [-0.2, -0.15) is 0 Å². The summed E-state index contributed by atoms with van der Waals surface area (Å²) in [6, 6.07) is 5.23. The summed E-state index contributed by atoms with van der Waals surface area (Å²) < 4.78 is 6.66. The van der Waals surface area contributed by atoms with Crippen LogP contribution in [0.5, 0.6) is 0 Å². The van der Waals surface area contributed by atoms with Crippen LogP contribution >= 0.6 is 11.3 Å². The number of fused-ring (bicyclic) bond motifs is 1. The number of nitrogens with zero attached hydrogens (tertiary/aromatic N) is 2. The van der Waals surface area contributed by atoms with Crippen molar-refractivity contribution < 1.29 is 14.3 Å². The standard InChI is InChI=1S/C17H18N4O3S/c1-21-10-11(12-4-3-7-18-15(12)21)5-8-19-17(23)20-13-6-9-25-14(13)16(22)24-2/h3-4,6-7,9-10H,5,8H2,1-2H3,(H2,19,20,23). The van der Waals surface area contributed by atoms with E-state index in [1.165, 1.54) is 18.4 Å². The number of nitrogens with one attached hydrogen (secondary N) is 2. The number of thiophene rings is 1. The van der Waals surface area contributed by atoms with E-state index < -0.39 is 5.97 Å². The topological polar surface area (TPSA) is 85.2 Å². The van der Waals surface area contributed by atoms with Gasteiger partial charge in [-0.3, -0.25) is 0 Å². The zero-order valence-corrected chi connectivity index (χ0v) is 14.7. The number of urea groups is 1. The molecule has 0 unspecified atom stereocenters. The first-order valence-electron chi connectivity index (χ1n) is 7.69. The Labute approximate surface area is 148 Å². The highest BCUT2D eigenvalue weighted by atomic mass is 32.1. The van der Waals surface area contributed by atoms with Gasteiger partial charge in [0, 0.05) is 31.4 Å². The normalized spacial score (nSPS) is 10.6. The number of anilines is 1. The summed E-state index contributed by atoms with van der Waals surface area (Å²) in [6.07, 6.45) is 4.47. The third-order valence-corrected chi connectivity index (χ3v) is 4.67. The highest BCUT2D eigenvalue weighted by molar-refractivity contribution is 7.12. The molecular formula is C17H18N4O3S. The minimum atomic E-state index is -0.464. The van der Waals surface area contributed by atoms with E-state index >= 15 is 0 Å². The van der Waals surface area contributed by atoms with Gasteiger partial charge in [0.25, 0.3) is 0 Å². The number of hydrogen-bond donors (Lipinski definition) is 2. The van der Waals surface area contributed by atoms with E-state index in [9.17, 15) is 9.59 Å². The molecule has 0 fully saturated rings. The molecule has 2 amide bonds. The molecule has 3 rings (SSSR count). The highest BCUT2D eigenvalue weighted by Gasteiger charge is 2.15. The minimum Gasteiger partial charge on any atom is -0.465 e. The summed E-state index contributed by atoms with van der Waals surface area (Å²) >= 11 is 1.22. The molecule has 0 saturated carbocycles. The van der Waals surface area contributed by atoms with Gasteiger partial charge in [0.05, 0.1) is 12.8 Å². The fraction of sp³-hybridized carbons (Fsp3) is 0.235. The van der Waals surface area contributed by atoms with Gasteiger partial charge < -0.3 is 19.9 Å². The lowest BCUT2D eigenvalue weighted by Crippen LogP contribution is -2.30. The number of rotatable bonds is 5. The van der Waals surface area contributed by atoms with Crippen LogP contribution in [-0.2, 0) is 18.2 Å². The van der Waals surface area contributed by atoms with Crippen molar-refractivity contribution in [1.82, 2.24) is 14.9 Å². The number of methoxy groups -OCH3 is 1. The van der Waals surface area contributed by atoms with Gasteiger partial charge in [0.15, 0.2) is 0 Å². The van der Waals surface area contributed by atoms with E-state index in [-0.39, 0.29) is 6.03 Å². The molecule has 3 aromatic heterocycles. The van der Waals surface area contributed by atoms with Crippen LogP contribution in [0, 0.1) is 0 Å². The maximum atomic E-state index is 12.0. The average molecular weight is 358 g/mol. The number of carbonyl (C=O) groups is 2. The second-order valence-corrected chi connectivity index (χ2v) is 6.34. The molecule has 3 heterocycles. The Bertz CT molecular complexity index is 916. The molecule has 25 heavy (non-hydrogen) atoms. The van der Waals surface area contributed by atoms with Crippen molar-refractivity contribution in [1.29, 1.82) is 0 Å². The molecule has 0 aliphatic carbocycles. The molecule has 3 aromatic rings. The van der Waals surface area contributed by atoms with Gasteiger partial charge in [-0.15, -0.1) is 11.3 Å². The van der Waals surface area contributed by atoms with E-state index in [2.05, 4.69) is 15.6 Å². The van der Waals surface area contributed by atoms with Crippen LogP contribution in [-0.4, -0.2) is 35.2 Å². The van der Waals surface area contributed by atoms with Gasteiger partial charge in [-0.1, -0.05) is 0 Å². The Hall–Kier alpha value is -2.87. The molecule has 0 saturated heterocycles. The smallest absolute Gasteiger partial charge is 0.350 e. The Morgan fingerprint density at radius 3 is 3.00 bits per heavy atom. The minimum absolute atomic E-state index is 0.359. The fourth-order valence-electron chi connectivity index (χ4n) is 2.63. The quantitative estimate of drug-likeness (QED) is 0.687. The predicted molar refractivity (Wildman–Crippen MR) is 97.1 cm³/mol. The van der Waals surface area contributed by atoms with Crippen molar-refractivity contribution in [2.45, 2.75) is 6.42 Å². The van der Waals surface area contributed by atoms with Gasteiger partial charge in [-0.05, 0) is 35.6 Å². The summed E-state index contributed by atoms with van der Waals surface area (Å²) in [5.74, 6) is -0.464. The predicted octanol–water partition coefficient (Wildman–Crippen LogP) is 2.79. The largest absolute Gasteiger partial charge is 0.465 e. The molecule has 0 aromatic carbocycles. The zero-order valence-electron chi connectivity index (χ0n) is 13.9. The summed E-state index contributed by atoms with van der Waals surface area (Å²) in [5, 5.41) is 8.29. The van der Waals surface area contributed by atoms with E-state index in [0.29, 0.717) is 23.5 Å². The van der Waals surface area contributed by atoms with Crippen LogP contribution < -0.4 is 10.6 Å². The van der Waals surface area contributed by atoms with Gasteiger partial charge in [0.1, 0.15) is 10.5 Å². The lowest BCUT2D eigenvalue weighted by atomic mass is 10.1. The molecule has 0 aliphatic rings. The Balaban J connectivity index is 1.58. The first-order valence-corrected chi connectivity index (χ1v) is 8.57. The molecule has 0 bridgehead atoms. The monoisotopic (exact) mass is 358 g/mol. The SMILES string of the molecule is COC(=O)c1sccc1NC(=O)NCCc1cn(C)c2ncccc12. The summed E-state index contributed by atoms with van der Waals surface area (Å²) in [4.78, 5) is 28.4. The van der Waals surface area contributed by atoms with Crippen LogP contribution in [0.25, 0.3) is 11.0 Å². The van der Waals surface area contributed by atoms with Gasteiger partial charge >= 0.3 is 12.0 Å². The van der Waals surface area contributed by atoms with Crippen molar-refractivity contribution >= 4 is 40.1 Å². The molecular weight excluding hydrogens is 340 g/mol. The van der Waals surface area contributed by atoms with Crippen molar-refractivity contribution in [2.24, 2.45) is 7.05 Å². The average Bonchev–Trinajstić information content (AvgIpc) is 3.20. The molecule has 7 nitrogen and oxygen atoms in total. The Morgan fingerprint density at radius 1 is 1.36 bits per heavy atom. The molecule has 0 atom stereocenters. The highest BCUT2D eigenvalue weighted by Crippen LogP contribution is 2.23. The Kier molecular flexibility index (Phi) is 4.99. The first kappa shape index (κ1) is 17.0. The lowest BCUT2D eigenvalue weighted by molar-refractivity contribution is 0.0607. The van der Waals surface area contributed by atoms with Crippen LogP contribution in [0.1, 0.15) is 15.2 Å². The molecule has 2 N–H and O–H groups in total. The maximum absolute atomic E-state index is 12.0. The molecule has 130 valence electrons. The Morgan fingerprint density at radius 2 is 2.20 bits per heavy atom. The number of aromatic nitrogens is 2. The second kappa shape index (κ2) is 7.35. The lowest BCUT2D eigenvalue weighted by Gasteiger charge is -2.07. The first-order chi connectivity index (χ1) is 12.1. The third kappa shape index (κ3) is 3.63. The number of amides is 2. The maximum Gasteiger partial charge on any atom is 0.350 e. The van der Waals surface area contributed by atoms with Crippen LogP contribution in [0.2, 0.25) is 0 Å². The number of carbonyl (C=O) groups excluding carboxylic acids is 2. The zero-order chi connectivity index (χ0) is 17.8. The molecule has 0 radical (unpaired) electrons. The van der Waals surface area contributed by atoms with Crippen LogP contribution in [0.4, 0.5) is 10.5 Å². The van der Waals surface area contributed by atoms with Crippen molar-refractivity contribution in [3.05, 3.63) is 46.4 Å². The van der Waals surface area contributed by atoms with E-state index in [1.54, 1.807) is 17.6 Å². The molecule has 8 heteroatoms. The summed E-state index contributed by atoms with van der Waals surface area (Å²) in [7, 11) is 3.26. The van der Waals surface area contributed by atoms with Crippen molar-refractivity contribution in [3.63, 3.8) is 0 Å². The van der Waals surface area contributed by atoms with Crippen molar-refractivity contribution in [3.8, 4) is 0 Å². The number of esters is 1. The van der Waals surface area contributed by atoms with Crippen LogP contribution in [0.15, 0.2) is 36.0 Å². The van der Waals surface area contributed by atoms with E-state index in [1.807, 2.05) is 29.9 Å². The summed E-state index contributed by atoms with van der Waals surface area (Å²) in [5.41, 5.74) is 2.49. The van der Waals surface area contributed by atoms with Crippen LogP contribution in [0.3, 0.4) is 0 Å². The van der Waals surface area contributed by atoms with Gasteiger partial charge in [-0.25, -0.2) is 14.6 Å². The number of aryl methyl sites for hydroxylation is 1. The third-order valence-electron chi connectivity index (χ3n) is 3.78. The van der Waals surface area contributed by atoms with E-state index in [4.69, 9.17) is 4.74 Å². The molecule has 0 spiro atoms. The second-order valence-electron chi connectivity index (χ2n) is 5.43. The fourth-order valence-corrected chi connectivity index (χ4v) is 3.39. The number of ether oxygens (including phenoxy) is 1. The van der Waals surface area contributed by atoms with Crippen molar-refractivity contribution in [2.75, 3.05) is 19.0 Å². The molecule has 0 aliphatic heterocycles. The number of pyridine rings is 1.